The van der Waals surface area contributed by atoms with Crippen LogP contribution in [0.2, 0.25) is 0 Å². The van der Waals surface area contributed by atoms with Crippen LogP contribution in [0.25, 0.3) is 0 Å². The fourth-order valence-electron chi connectivity index (χ4n) is 1.82. The topological polar surface area (TPSA) is 73.6 Å². The summed E-state index contributed by atoms with van der Waals surface area (Å²) in [7, 11) is 3.23. The van der Waals surface area contributed by atoms with E-state index in [0.717, 1.165) is 17.1 Å². The fourth-order valence-corrected chi connectivity index (χ4v) is 1.82. The maximum Gasteiger partial charge on any atom is 0.220 e. The molecule has 1 aromatic carbocycles. The lowest BCUT2D eigenvalue weighted by Gasteiger charge is -2.24. The second-order valence-electron chi connectivity index (χ2n) is 5.31. The highest BCUT2D eigenvalue weighted by atomic mass is 35.5. The summed E-state index contributed by atoms with van der Waals surface area (Å²) in [6.07, 6.45) is 0.972. The summed E-state index contributed by atoms with van der Waals surface area (Å²) in [5.41, 5.74) is 6.17. The Hall–Kier alpha value is -1.46. The van der Waals surface area contributed by atoms with E-state index in [4.69, 9.17) is 15.2 Å². The highest BCUT2D eigenvalue weighted by Crippen LogP contribution is 2.25. The third-order valence-electron chi connectivity index (χ3n) is 3.10. The van der Waals surface area contributed by atoms with Crippen molar-refractivity contribution in [3.63, 3.8) is 0 Å². The van der Waals surface area contributed by atoms with Gasteiger partial charge in [0.05, 0.1) is 14.2 Å². The molecule has 1 aromatic rings. The number of methoxy groups -OCH3 is 2. The van der Waals surface area contributed by atoms with Gasteiger partial charge in [-0.3, -0.25) is 4.79 Å². The maximum absolute atomic E-state index is 11.9. The van der Waals surface area contributed by atoms with E-state index >= 15 is 0 Å². The van der Waals surface area contributed by atoms with E-state index in [0.29, 0.717) is 19.4 Å². The van der Waals surface area contributed by atoms with Gasteiger partial charge in [0.1, 0.15) is 11.5 Å². The molecule has 21 heavy (non-hydrogen) atoms. The number of carbonyl (C=O) groups is 1. The third kappa shape index (κ3) is 6.23. The smallest absolute Gasteiger partial charge is 0.220 e. The third-order valence-corrected chi connectivity index (χ3v) is 3.10. The van der Waals surface area contributed by atoms with Gasteiger partial charge >= 0.3 is 0 Å². The minimum Gasteiger partial charge on any atom is -0.497 e. The van der Waals surface area contributed by atoms with Gasteiger partial charge in [-0.2, -0.15) is 0 Å². The number of benzene rings is 1. The lowest BCUT2D eigenvalue weighted by atomic mass is 10.0. The van der Waals surface area contributed by atoms with Crippen molar-refractivity contribution in [2.75, 3.05) is 20.8 Å². The first-order valence-corrected chi connectivity index (χ1v) is 6.64. The first-order valence-electron chi connectivity index (χ1n) is 6.64. The molecule has 0 heterocycles. The van der Waals surface area contributed by atoms with Crippen LogP contribution in [0.5, 0.6) is 11.5 Å². The van der Waals surface area contributed by atoms with Gasteiger partial charge in [0, 0.05) is 18.5 Å². The molecule has 0 spiro atoms. The average molecular weight is 317 g/mol. The van der Waals surface area contributed by atoms with E-state index in [2.05, 4.69) is 5.32 Å². The molecule has 0 aromatic heterocycles. The lowest BCUT2D eigenvalue weighted by Crippen LogP contribution is -2.48. The van der Waals surface area contributed by atoms with Crippen molar-refractivity contribution in [3.05, 3.63) is 23.8 Å². The highest BCUT2D eigenvalue weighted by Gasteiger charge is 2.18. The molecule has 3 N–H and O–H groups in total. The van der Waals surface area contributed by atoms with E-state index in [1.807, 2.05) is 32.0 Å². The molecule has 0 fully saturated rings. The zero-order chi connectivity index (χ0) is 15.2. The Morgan fingerprint density at radius 2 is 1.95 bits per heavy atom. The Bertz CT molecular complexity index is 464. The van der Waals surface area contributed by atoms with Crippen molar-refractivity contribution in [2.24, 2.45) is 5.73 Å². The van der Waals surface area contributed by atoms with Crippen molar-refractivity contribution in [2.45, 2.75) is 32.2 Å². The molecular formula is C15H25ClN2O3. The summed E-state index contributed by atoms with van der Waals surface area (Å²) >= 11 is 0. The van der Waals surface area contributed by atoms with Gasteiger partial charge in [0.2, 0.25) is 5.91 Å². The van der Waals surface area contributed by atoms with E-state index in [9.17, 15) is 4.79 Å². The number of amides is 1. The minimum absolute atomic E-state index is 0. The minimum atomic E-state index is -0.379. The van der Waals surface area contributed by atoms with E-state index in [1.165, 1.54) is 0 Å². The Labute approximate surface area is 132 Å². The number of ether oxygens (including phenoxy) is 2. The summed E-state index contributed by atoms with van der Waals surface area (Å²) < 4.78 is 10.5. The van der Waals surface area contributed by atoms with Gasteiger partial charge < -0.3 is 20.5 Å². The fraction of sp³-hybridized carbons (Fsp3) is 0.533. The first kappa shape index (κ1) is 19.5. The molecule has 0 unspecified atom stereocenters. The molecule has 120 valence electrons. The first-order chi connectivity index (χ1) is 9.41. The molecule has 0 bridgehead atoms. The number of hydrogen-bond donors (Lipinski definition) is 2. The molecule has 6 heteroatoms. The summed E-state index contributed by atoms with van der Waals surface area (Å²) in [5, 5.41) is 2.91. The summed E-state index contributed by atoms with van der Waals surface area (Å²) in [4.78, 5) is 11.9. The number of halogens is 1. The van der Waals surface area contributed by atoms with Gasteiger partial charge in [-0.25, -0.2) is 0 Å². The van der Waals surface area contributed by atoms with Crippen LogP contribution in [0.3, 0.4) is 0 Å². The van der Waals surface area contributed by atoms with Crippen LogP contribution in [0, 0.1) is 0 Å². The zero-order valence-electron chi connectivity index (χ0n) is 13.1. The van der Waals surface area contributed by atoms with Crippen molar-refractivity contribution in [1.82, 2.24) is 5.32 Å². The van der Waals surface area contributed by atoms with Gasteiger partial charge in [0.15, 0.2) is 0 Å². The van der Waals surface area contributed by atoms with Gasteiger partial charge in [-0.1, -0.05) is 0 Å². The number of hydrogen-bond acceptors (Lipinski definition) is 4. The second kappa shape index (κ2) is 8.74. The monoisotopic (exact) mass is 316 g/mol. The summed E-state index contributed by atoms with van der Waals surface area (Å²) in [5.74, 6) is 1.49. The van der Waals surface area contributed by atoms with Crippen LogP contribution in [0.4, 0.5) is 0 Å². The Kier molecular flexibility index (Phi) is 8.14. The normalized spacial score (nSPS) is 10.5. The van der Waals surface area contributed by atoms with Crippen molar-refractivity contribution < 1.29 is 14.3 Å². The van der Waals surface area contributed by atoms with E-state index < -0.39 is 0 Å². The maximum atomic E-state index is 11.9. The predicted molar refractivity (Wildman–Crippen MR) is 86.4 cm³/mol. The summed E-state index contributed by atoms with van der Waals surface area (Å²) in [6.45, 7) is 4.20. The van der Waals surface area contributed by atoms with Crippen LogP contribution < -0.4 is 20.5 Å². The van der Waals surface area contributed by atoms with Crippen molar-refractivity contribution in [3.8, 4) is 11.5 Å². The molecule has 0 aliphatic carbocycles. The molecule has 0 saturated carbocycles. The van der Waals surface area contributed by atoms with E-state index in [1.54, 1.807) is 14.2 Å². The largest absolute Gasteiger partial charge is 0.497 e. The molecule has 0 aliphatic rings. The van der Waals surface area contributed by atoms with Gasteiger partial charge in [-0.15, -0.1) is 12.4 Å². The van der Waals surface area contributed by atoms with Crippen molar-refractivity contribution in [1.29, 1.82) is 0 Å². The molecule has 0 radical (unpaired) electrons. The van der Waals surface area contributed by atoms with Crippen LogP contribution in [-0.4, -0.2) is 32.2 Å². The molecule has 1 amide bonds. The quantitative estimate of drug-likeness (QED) is 0.806. The molecule has 0 saturated heterocycles. The molecule has 5 nitrogen and oxygen atoms in total. The zero-order valence-corrected chi connectivity index (χ0v) is 13.9. The molecule has 0 atom stereocenters. The van der Waals surface area contributed by atoms with Gasteiger partial charge in [-0.05, 0) is 44.0 Å². The summed E-state index contributed by atoms with van der Waals surface area (Å²) in [6, 6.07) is 5.57. The number of nitrogens with one attached hydrogen (secondary N) is 1. The molecular weight excluding hydrogens is 292 g/mol. The SMILES string of the molecule is COc1ccc(OC)c(CCC(=O)NC(C)(C)CN)c1.Cl. The number of aryl methyl sites for hydroxylation is 1. The van der Waals surface area contributed by atoms with Crippen LogP contribution in [0.15, 0.2) is 18.2 Å². The predicted octanol–water partition coefficient (Wildman–Crippen LogP) is 1.91. The standard InChI is InChI=1S/C15H24N2O3.ClH/c1-15(2,10-16)17-14(18)8-5-11-9-12(19-3)6-7-13(11)20-4;/h6-7,9H,5,8,10,16H2,1-4H3,(H,17,18);1H. The lowest BCUT2D eigenvalue weighted by molar-refractivity contribution is -0.122. The number of rotatable bonds is 7. The highest BCUT2D eigenvalue weighted by molar-refractivity contribution is 5.85. The van der Waals surface area contributed by atoms with Crippen molar-refractivity contribution >= 4 is 18.3 Å². The second-order valence-corrected chi connectivity index (χ2v) is 5.31. The Morgan fingerprint density at radius 1 is 1.29 bits per heavy atom. The average Bonchev–Trinajstić information content (AvgIpc) is 2.44. The van der Waals surface area contributed by atoms with Crippen LogP contribution in [-0.2, 0) is 11.2 Å². The Balaban J connectivity index is 0.00000400. The molecule has 1 rings (SSSR count). The van der Waals surface area contributed by atoms with Crippen LogP contribution in [0.1, 0.15) is 25.8 Å². The molecule has 0 aliphatic heterocycles. The number of carbonyl (C=O) groups excluding carboxylic acids is 1. The van der Waals surface area contributed by atoms with Gasteiger partial charge in [0.25, 0.3) is 0 Å². The Morgan fingerprint density at radius 3 is 2.48 bits per heavy atom. The number of nitrogens with two attached hydrogens (primary N) is 1. The van der Waals surface area contributed by atoms with E-state index in [-0.39, 0.29) is 23.9 Å². The van der Waals surface area contributed by atoms with Crippen LogP contribution >= 0.6 is 12.4 Å².